The van der Waals surface area contributed by atoms with Crippen LogP contribution in [0.5, 0.6) is 11.5 Å². The standard InChI is InChI=1S/C20H21F2NO5/c1-12(20(25)23-19-16(21)5-4-6-17(19)22)28-18(24)8-7-13-9-14(26-2)11-15(10-13)27-3/h4-6,9-12H,7-8H2,1-3H3,(H,23,25)/t12-/m1/s1. The molecule has 1 N–H and O–H groups in total. The summed E-state index contributed by atoms with van der Waals surface area (Å²) in [5.41, 5.74) is 0.206. The summed E-state index contributed by atoms with van der Waals surface area (Å²) in [5, 5.41) is 2.09. The molecule has 6 nitrogen and oxygen atoms in total. The molecule has 0 heterocycles. The van der Waals surface area contributed by atoms with E-state index in [1.54, 1.807) is 18.2 Å². The Bertz CT molecular complexity index is 814. The highest BCUT2D eigenvalue weighted by molar-refractivity contribution is 5.95. The van der Waals surface area contributed by atoms with Crippen molar-refractivity contribution in [3.63, 3.8) is 0 Å². The van der Waals surface area contributed by atoms with E-state index >= 15 is 0 Å². The van der Waals surface area contributed by atoms with Gasteiger partial charge in [0.2, 0.25) is 0 Å². The van der Waals surface area contributed by atoms with Crippen LogP contribution >= 0.6 is 0 Å². The number of esters is 1. The first-order valence-electron chi connectivity index (χ1n) is 8.50. The molecule has 150 valence electrons. The summed E-state index contributed by atoms with van der Waals surface area (Å²) in [6, 6.07) is 8.42. The largest absolute Gasteiger partial charge is 0.497 e. The Hall–Kier alpha value is -3.16. The lowest BCUT2D eigenvalue weighted by atomic mass is 10.1. The first kappa shape index (κ1) is 21.1. The Morgan fingerprint density at radius 3 is 2.14 bits per heavy atom. The van der Waals surface area contributed by atoms with Crippen LogP contribution < -0.4 is 14.8 Å². The fourth-order valence-corrected chi connectivity index (χ4v) is 2.41. The van der Waals surface area contributed by atoms with Crippen molar-refractivity contribution in [2.24, 2.45) is 0 Å². The Morgan fingerprint density at radius 1 is 1.04 bits per heavy atom. The predicted octanol–water partition coefficient (Wildman–Crippen LogP) is 3.49. The predicted molar refractivity (Wildman–Crippen MR) is 98.4 cm³/mol. The molecular weight excluding hydrogens is 372 g/mol. The van der Waals surface area contributed by atoms with Crippen LogP contribution in [0.2, 0.25) is 0 Å². The van der Waals surface area contributed by atoms with Gasteiger partial charge in [0.05, 0.1) is 14.2 Å². The van der Waals surface area contributed by atoms with Crippen molar-refractivity contribution < 1.29 is 32.6 Å². The minimum Gasteiger partial charge on any atom is -0.497 e. The van der Waals surface area contributed by atoms with Crippen LogP contribution in [-0.4, -0.2) is 32.2 Å². The molecule has 0 radical (unpaired) electrons. The molecular formula is C20H21F2NO5. The Kier molecular flexibility index (Phi) is 7.31. The minimum atomic E-state index is -1.22. The molecule has 0 aliphatic heterocycles. The summed E-state index contributed by atoms with van der Waals surface area (Å²) in [6.45, 7) is 1.32. The molecule has 0 aromatic heterocycles. The maximum Gasteiger partial charge on any atom is 0.306 e. The van der Waals surface area contributed by atoms with Crippen molar-refractivity contribution in [3.05, 3.63) is 53.6 Å². The molecule has 2 aromatic carbocycles. The van der Waals surface area contributed by atoms with Crippen molar-refractivity contribution >= 4 is 17.6 Å². The zero-order valence-corrected chi connectivity index (χ0v) is 15.8. The van der Waals surface area contributed by atoms with E-state index in [1.165, 1.54) is 27.2 Å². The highest BCUT2D eigenvalue weighted by Gasteiger charge is 2.20. The zero-order chi connectivity index (χ0) is 20.7. The van der Waals surface area contributed by atoms with E-state index in [4.69, 9.17) is 14.2 Å². The summed E-state index contributed by atoms with van der Waals surface area (Å²) < 4.78 is 42.5. The van der Waals surface area contributed by atoms with Crippen LogP contribution in [0.4, 0.5) is 14.5 Å². The lowest BCUT2D eigenvalue weighted by molar-refractivity contribution is -0.153. The smallest absolute Gasteiger partial charge is 0.306 e. The maximum atomic E-state index is 13.6. The average molecular weight is 393 g/mol. The number of para-hydroxylation sites is 1. The molecule has 0 aliphatic rings. The number of amides is 1. The molecule has 0 saturated carbocycles. The van der Waals surface area contributed by atoms with Crippen molar-refractivity contribution in [1.29, 1.82) is 0 Å². The number of hydrogen-bond acceptors (Lipinski definition) is 5. The summed E-state index contributed by atoms with van der Waals surface area (Å²) in [4.78, 5) is 24.1. The van der Waals surface area contributed by atoms with Crippen molar-refractivity contribution in [1.82, 2.24) is 0 Å². The van der Waals surface area contributed by atoms with Gasteiger partial charge in [-0.05, 0) is 43.2 Å². The third kappa shape index (κ3) is 5.67. The molecule has 0 spiro atoms. The average Bonchev–Trinajstić information content (AvgIpc) is 2.68. The Morgan fingerprint density at radius 2 is 1.61 bits per heavy atom. The summed E-state index contributed by atoms with van der Waals surface area (Å²) in [6.07, 6.45) is -0.878. The molecule has 1 atom stereocenters. The number of methoxy groups -OCH3 is 2. The second-order valence-electron chi connectivity index (χ2n) is 5.94. The number of carbonyl (C=O) groups is 2. The lowest BCUT2D eigenvalue weighted by Crippen LogP contribution is -2.30. The number of ether oxygens (including phenoxy) is 3. The fraction of sp³-hybridized carbons (Fsp3) is 0.300. The van der Waals surface area contributed by atoms with E-state index in [-0.39, 0.29) is 6.42 Å². The number of aryl methyl sites for hydroxylation is 1. The molecule has 0 fully saturated rings. The van der Waals surface area contributed by atoms with Crippen molar-refractivity contribution in [2.45, 2.75) is 25.9 Å². The molecule has 0 bridgehead atoms. The number of anilines is 1. The molecule has 28 heavy (non-hydrogen) atoms. The van der Waals surface area contributed by atoms with Gasteiger partial charge in [0.15, 0.2) is 6.10 Å². The third-order valence-corrected chi connectivity index (χ3v) is 3.92. The molecule has 0 saturated heterocycles. The summed E-state index contributed by atoms with van der Waals surface area (Å²) in [7, 11) is 3.04. The molecule has 1 amide bonds. The zero-order valence-electron chi connectivity index (χ0n) is 15.8. The van der Waals surface area contributed by atoms with E-state index in [0.717, 1.165) is 17.7 Å². The van der Waals surface area contributed by atoms with Gasteiger partial charge in [-0.2, -0.15) is 0 Å². The molecule has 0 aliphatic carbocycles. The van der Waals surface area contributed by atoms with Gasteiger partial charge in [-0.15, -0.1) is 0 Å². The molecule has 2 aromatic rings. The number of rotatable bonds is 8. The second kappa shape index (κ2) is 9.68. The van der Waals surface area contributed by atoms with Crippen LogP contribution in [0.25, 0.3) is 0 Å². The maximum absolute atomic E-state index is 13.6. The van der Waals surface area contributed by atoms with Gasteiger partial charge in [0, 0.05) is 12.5 Å². The highest BCUT2D eigenvalue weighted by Crippen LogP contribution is 2.23. The normalized spacial score (nSPS) is 11.5. The first-order valence-corrected chi connectivity index (χ1v) is 8.50. The van der Waals surface area contributed by atoms with E-state index < -0.39 is 35.3 Å². The van der Waals surface area contributed by atoms with E-state index in [0.29, 0.717) is 17.9 Å². The van der Waals surface area contributed by atoms with Crippen molar-refractivity contribution in [3.8, 4) is 11.5 Å². The number of benzene rings is 2. The van der Waals surface area contributed by atoms with E-state index in [1.807, 2.05) is 0 Å². The topological polar surface area (TPSA) is 73.9 Å². The van der Waals surface area contributed by atoms with Gasteiger partial charge < -0.3 is 19.5 Å². The number of halogens is 2. The van der Waals surface area contributed by atoms with Crippen LogP contribution in [-0.2, 0) is 20.7 Å². The fourth-order valence-electron chi connectivity index (χ4n) is 2.41. The van der Waals surface area contributed by atoms with Crippen LogP contribution in [0.15, 0.2) is 36.4 Å². The van der Waals surface area contributed by atoms with E-state index in [9.17, 15) is 18.4 Å². The van der Waals surface area contributed by atoms with Crippen LogP contribution in [0.3, 0.4) is 0 Å². The SMILES string of the molecule is COc1cc(CCC(=O)O[C@H](C)C(=O)Nc2c(F)cccc2F)cc(OC)c1. The number of carbonyl (C=O) groups excluding carboxylic acids is 2. The summed E-state index contributed by atoms with van der Waals surface area (Å²) >= 11 is 0. The molecule has 8 heteroatoms. The highest BCUT2D eigenvalue weighted by atomic mass is 19.1. The van der Waals surface area contributed by atoms with Gasteiger partial charge >= 0.3 is 5.97 Å². The first-order chi connectivity index (χ1) is 13.3. The van der Waals surface area contributed by atoms with Gasteiger partial charge in [0.1, 0.15) is 28.8 Å². The van der Waals surface area contributed by atoms with Gasteiger partial charge in [-0.1, -0.05) is 6.07 Å². The quantitative estimate of drug-likeness (QED) is 0.695. The minimum absolute atomic E-state index is 0.00199. The van der Waals surface area contributed by atoms with E-state index in [2.05, 4.69) is 5.32 Å². The Labute approximate surface area is 161 Å². The van der Waals surface area contributed by atoms with Gasteiger partial charge in [0.25, 0.3) is 5.91 Å². The van der Waals surface area contributed by atoms with Crippen molar-refractivity contribution in [2.75, 3.05) is 19.5 Å². The third-order valence-electron chi connectivity index (χ3n) is 3.92. The second-order valence-corrected chi connectivity index (χ2v) is 5.94. The molecule has 2 rings (SSSR count). The van der Waals surface area contributed by atoms with Gasteiger partial charge in [-0.3, -0.25) is 9.59 Å². The van der Waals surface area contributed by atoms with Crippen LogP contribution in [0, 0.1) is 11.6 Å². The monoisotopic (exact) mass is 393 g/mol. The van der Waals surface area contributed by atoms with Crippen LogP contribution in [0.1, 0.15) is 18.9 Å². The number of hydrogen-bond donors (Lipinski definition) is 1. The lowest BCUT2D eigenvalue weighted by Gasteiger charge is -2.14. The Balaban J connectivity index is 1.91. The van der Waals surface area contributed by atoms with Gasteiger partial charge in [-0.25, -0.2) is 8.78 Å². The number of nitrogens with one attached hydrogen (secondary N) is 1. The summed E-state index contributed by atoms with van der Waals surface area (Å²) in [5.74, 6) is -2.12. The molecule has 0 unspecified atom stereocenters.